The van der Waals surface area contributed by atoms with Crippen molar-refractivity contribution >= 4 is 29.5 Å². The molecule has 0 aliphatic heterocycles. The molecule has 63 heavy (non-hydrogen) atoms. The first kappa shape index (κ1) is 66.2. The van der Waals surface area contributed by atoms with E-state index in [-0.39, 0.29) is 18.5 Å². The van der Waals surface area contributed by atoms with Crippen molar-refractivity contribution < 1.29 is 60.2 Å². The van der Waals surface area contributed by atoms with Crippen molar-refractivity contribution in [3.8, 4) is 0 Å². The van der Waals surface area contributed by atoms with Gasteiger partial charge in [0, 0.05) is 99.6 Å². The number of hydrogen-bond donors (Lipinski definition) is 3. The molecular formula is C46H100N2O13Si2. The third kappa shape index (κ3) is 43.3. The number of nitrogens with one attached hydrogen (secondary N) is 1. The summed E-state index contributed by atoms with van der Waals surface area (Å²) in [6, 6.07) is 1.55. The quantitative estimate of drug-likeness (QED) is 0.0298. The zero-order chi connectivity index (χ0) is 47.7. The second-order valence-corrected chi connectivity index (χ2v) is 20.7. The van der Waals surface area contributed by atoms with Crippen LogP contribution in [0.1, 0.15) is 183 Å². The minimum atomic E-state index is -2.59. The minimum Gasteiger partial charge on any atom is -0.481 e. The summed E-state index contributed by atoms with van der Waals surface area (Å²) in [5, 5.41) is 11.5. The molecule has 0 atom stereocenters. The van der Waals surface area contributed by atoms with Crippen molar-refractivity contribution in [1.29, 1.82) is 0 Å². The van der Waals surface area contributed by atoms with Gasteiger partial charge in [0.1, 0.15) is 0 Å². The Labute approximate surface area is 388 Å². The lowest BCUT2D eigenvalue weighted by Gasteiger charge is -2.28. The van der Waals surface area contributed by atoms with Gasteiger partial charge in [-0.15, -0.1) is 0 Å². The molecule has 0 rings (SSSR count). The van der Waals surface area contributed by atoms with Gasteiger partial charge in [-0.25, -0.2) is 0 Å². The molecule has 380 valence electrons. The molecule has 0 aliphatic carbocycles. The number of rotatable bonds is 45. The number of amides is 1. The molecule has 0 fully saturated rings. The maximum absolute atomic E-state index is 12.0. The number of aliphatic carboxylic acids is 1. The number of unbranched alkanes of at least 4 members (excludes halogenated alkanes) is 14. The lowest BCUT2D eigenvalue weighted by Crippen LogP contribution is -2.46. The smallest absolute Gasteiger partial charge is 0.481 e. The van der Waals surface area contributed by atoms with Gasteiger partial charge >= 0.3 is 23.6 Å². The zero-order valence-corrected chi connectivity index (χ0v) is 44.2. The van der Waals surface area contributed by atoms with E-state index in [4.69, 9.17) is 56.3 Å². The van der Waals surface area contributed by atoms with Crippen molar-refractivity contribution in [2.45, 2.75) is 207 Å². The van der Waals surface area contributed by atoms with Gasteiger partial charge in [-0.05, 0) is 99.5 Å². The number of ether oxygens (including phenoxy) is 4. The van der Waals surface area contributed by atoms with Crippen LogP contribution in [-0.4, -0.2) is 128 Å². The summed E-state index contributed by atoms with van der Waals surface area (Å²) in [5.41, 5.74) is 5.48. The minimum absolute atomic E-state index is 0.0546. The number of carbonyl (C=O) groups is 2. The van der Waals surface area contributed by atoms with Crippen molar-refractivity contribution in [3.05, 3.63) is 0 Å². The fraction of sp³-hybridized carbons (Fsp3) is 0.957. The Kier molecular flexibility index (Phi) is 52.9. The zero-order valence-electron chi connectivity index (χ0n) is 42.2. The van der Waals surface area contributed by atoms with Crippen LogP contribution >= 0.6 is 0 Å². The Morgan fingerprint density at radius 1 is 0.460 bits per heavy atom. The van der Waals surface area contributed by atoms with Crippen molar-refractivity contribution in [3.63, 3.8) is 0 Å². The van der Waals surface area contributed by atoms with Crippen molar-refractivity contribution in [2.75, 3.05) is 81.2 Å². The number of methoxy groups -OCH3 is 4. The molecule has 0 bridgehead atoms. The van der Waals surface area contributed by atoms with Crippen LogP contribution in [0, 0.1) is 0 Å². The molecule has 0 saturated carbocycles. The number of carbonyl (C=O) groups excluding carboxylic acids is 1. The maximum Gasteiger partial charge on any atom is 0.500 e. The lowest BCUT2D eigenvalue weighted by molar-refractivity contribution is -0.137. The molecule has 0 aromatic rings. The van der Waals surface area contributed by atoms with Gasteiger partial charge in [0.25, 0.3) is 0 Å². The molecule has 0 aromatic heterocycles. The van der Waals surface area contributed by atoms with Crippen molar-refractivity contribution in [2.24, 2.45) is 5.73 Å². The molecular weight excluding hydrogens is 845 g/mol. The van der Waals surface area contributed by atoms with Crippen LogP contribution in [0.3, 0.4) is 0 Å². The van der Waals surface area contributed by atoms with E-state index in [0.717, 1.165) is 82.7 Å². The topological polar surface area (TPSA) is 185 Å². The van der Waals surface area contributed by atoms with Crippen LogP contribution in [0.25, 0.3) is 0 Å². The average Bonchev–Trinajstić information content (AvgIpc) is 3.26. The van der Waals surface area contributed by atoms with E-state index < -0.39 is 23.6 Å². The second-order valence-electron chi connectivity index (χ2n) is 15.2. The van der Waals surface area contributed by atoms with Crippen molar-refractivity contribution in [1.82, 2.24) is 5.32 Å². The fourth-order valence-corrected chi connectivity index (χ4v) is 12.2. The summed E-state index contributed by atoms with van der Waals surface area (Å²) < 4.78 is 55.1. The van der Waals surface area contributed by atoms with Crippen LogP contribution in [-0.2, 0) is 55.1 Å². The largest absolute Gasteiger partial charge is 0.500 e. The van der Waals surface area contributed by atoms with E-state index in [0.29, 0.717) is 65.6 Å². The summed E-state index contributed by atoms with van der Waals surface area (Å²) in [4.78, 5) is 22.3. The Balaban J connectivity index is -0.000000948. The molecule has 0 heterocycles. The number of hydrogen-bond acceptors (Lipinski definition) is 13. The first-order valence-electron chi connectivity index (χ1n) is 24.6. The number of nitrogens with two attached hydrogens (primary N) is 1. The molecule has 17 heteroatoms. The number of carboxylic acids is 1. The first-order valence-corrected chi connectivity index (χ1v) is 28.5. The van der Waals surface area contributed by atoms with Gasteiger partial charge < -0.3 is 61.7 Å². The summed E-state index contributed by atoms with van der Waals surface area (Å²) >= 11 is 0. The summed E-state index contributed by atoms with van der Waals surface area (Å²) in [5.74, 6) is -0.539. The Bertz CT molecular complexity index is 920. The van der Waals surface area contributed by atoms with E-state index in [1.165, 1.54) is 57.8 Å². The van der Waals surface area contributed by atoms with E-state index in [9.17, 15) is 9.59 Å². The van der Waals surface area contributed by atoms with Gasteiger partial charge in [0.15, 0.2) is 12.6 Å². The van der Waals surface area contributed by atoms with Crippen LogP contribution < -0.4 is 11.1 Å². The first-order chi connectivity index (χ1) is 30.5. The molecule has 0 radical (unpaired) electrons. The normalized spacial score (nSPS) is 11.7. The molecule has 0 aromatic carbocycles. The van der Waals surface area contributed by atoms with E-state index in [2.05, 4.69) is 5.32 Å². The fourth-order valence-electron chi connectivity index (χ4n) is 6.91. The third-order valence-corrected chi connectivity index (χ3v) is 16.4. The standard InChI is InChI=1S/C23H49NO6Si.C14H28O4.C9H23NO3Si/c1-6-28-31(29-7-2,30-8-3)21-17-20-24-22(25)18-15-13-11-9-10-12-14-16-19-23(26-4)27-5;1-17-14(18-2)12-10-8-6-4-3-5-7-9-11-13(15)16;1-4-11-14(12-5-2,13-6-3)9-7-8-10/h23H,6-21H2,1-5H3,(H,24,25);14H,3-12H2,1-2H3,(H,15,16);4-10H2,1-3H3. The van der Waals surface area contributed by atoms with Crippen LogP contribution in [0.2, 0.25) is 12.1 Å². The highest BCUT2D eigenvalue weighted by Gasteiger charge is 2.40. The molecule has 4 N–H and O–H groups in total. The van der Waals surface area contributed by atoms with Crippen LogP contribution in [0.5, 0.6) is 0 Å². The third-order valence-electron chi connectivity index (χ3n) is 10.1. The van der Waals surface area contributed by atoms with Crippen LogP contribution in [0.15, 0.2) is 0 Å². The summed E-state index contributed by atoms with van der Waals surface area (Å²) in [6.07, 6.45) is 23.0. The van der Waals surface area contributed by atoms with Gasteiger partial charge in [-0.1, -0.05) is 77.0 Å². The highest BCUT2D eigenvalue weighted by molar-refractivity contribution is 6.61. The predicted molar refractivity (Wildman–Crippen MR) is 258 cm³/mol. The maximum atomic E-state index is 12.0. The van der Waals surface area contributed by atoms with Crippen LogP contribution in [0.4, 0.5) is 0 Å². The lowest BCUT2D eigenvalue weighted by atomic mass is 10.1. The highest BCUT2D eigenvalue weighted by atomic mass is 28.4. The molecule has 15 nitrogen and oxygen atoms in total. The van der Waals surface area contributed by atoms with E-state index in [1.807, 2.05) is 41.5 Å². The van der Waals surface area contributed by atoms with E-state index >= 15 is 0 Å². The van der Waals surface area contributed by atoms with Gasteiger partial charge in [-0.3, -0.25) is 9.59 Å². The van der Waals surface area contributed by atoms with Gasteiger partial charge in [0.05, 0.1) is 0 Å². The highest BCUT2D eigenvalue weighted by Crippen LogP contribution is 2.19. The molecule has 1 amide bonds. The summed E-state index contributed by atoms with van der Waals surface area (Å²) in [7, 11) is 1.73. The SMILES string of the molecule is CCO[Si](CCCN)(OCC)OCC.CCO[Si](CCCNC(=O)CCCCCCCCCCC(OC)OC)(OCC)OCC.COC(CCCCCCCCCCC(=O)O)OC. The Morgan fingerprint density at radius 3 is 1.06 bits per heavy atom. The van der Waals surface area contributed by atoms with E-state index in [1.54, 1.807) is 28.4 Å². The second kappa shape index (κ2) is 50.3. The predicted octanol–water partition coefficient (Wildman–Crippen LogP) is 10.0. The summed E-state index contributed by atoms with van der Waals surface area (Å²) in [6.45, 7) is 16.7. The molecule has 0 aliphatic rings. The number of carboxylic acid groups (broad SMARTS) is 1. The van der Waals surface area contributed by atoms with Gasteiger partial charge in [0.2, 0.25) is 5.91 Å². The molecule has 0 saturated heterocycles. The molecule has 0 spiro atoms. The Hall–Kier alpha value is -1.07. The monoisotopic (exact) mass is 945 g/mol. The Morgan fingerprint density at radius 2 is 0.762 bits per heavy atom. The molecule has 0 unspecified atom stereocenters. The average molecular weight is 945 g/mol. The van der Waals surface area contributed by atoms with Gasteiger partial charge in [-0.2, -0.15) is 0 Å².